The summed E-state index contributed by atoms with van der Waals surface area (Å²) in [6.45, 7) is 7.85. The third kappa shape index (κ3) is 1.81. The van der Waals surface area contributed by atoms with E-state index in [1.165, 1.54) is 5.56 Å². The molecule has 0 spiro atoms. The van der Waals surface area contributed by atoms with Crippen molar-refractivity contribution < 1.29 is 8.76 Å². The Morgan fingerprint density at radius 2 is 1.62 bits per heavy atom. The molecule has 0 saturated carbocycles. The molecule has 0 amide bonds. The molecule has 0 bridgehead atoms. The van der Waals surface area contributed by atoms with Crippen LogP contribution in [-0.2, 0) is 11.1 Å². The van der Waals surface area contributed by atoms with Crippen LogP contribution in [0, 0.1) is 27.7 Å². The highest BCUT2D eigenvalue weighted by molar-refractivity contribution is 7.79. The number of hydrogen-bond acceptors (Lipinski definition) is 1. The molecule has 0 aromatic heterocycles. The fraction of sp³-hybridized carbons (Fsp3) is 0.400. The van der Waals surface area contributed by atoms with E-state index in [0.717, 1.165) is 16.7 Å². The van der Waals surface area contributed by atoms with Crippen LogP contribution >= 0.6 is 0 Å². The van der Waals surface area contributed by atoms with E-state index in [1.54, 1.807) is 6.07 Å². The highest BCUT2D eigenvalue weighted by atomic mass is 32.2. The predicted molar refractivity (Wildman–Crippen MR) is 54.4 cm³/mol. The number of rotatable bonds is 1. The first-order valence-electron chi connectivity index (χ1n) is 4.13. The second-order valence-corrected chi connectivity index (χ2v) is 4.25. The summed E-state index contributed by atoms with van der Waals surface area (Å²) >= 11 is -1.87. The van der Waals surface area contributed by atoms with Gasteiger partial charge >= 0.3 is 0 Å². The quantitative estimate of drug-likeness (QED) is 0.704. The summed E-state index contributed by atoms with van der Waals surface area (Å²) in [6.07, 6.45) is 0. The minimum Gasteiger partial charge on any atom is -0.302 e. The molecule has 0 aliphatic heterocycles. The molecule has 13 heavy (non-hydrogen) atoms. The van der Waals surface area contributed by atoms with Gasteiger partial charge in [0.25, 0.3) is 0 Å². The molecular formula is C10H14O2S. The number of aryl methyl sites for hydroxylation is 1. The lowest BCUT2D eigenvalue weighted by atomic mass is 10.00. The Labute approximate surface area is 81.3 Å². The first-order chi connectivity index (χ1) is 5.95. The maximum absolute atomic E-state index is 10.9. The van der Waals surface area contributed by atoms with Crippen LogP contribution in [0.1, 0.15) is 22.3 Å². The molecule has 1 aromatic carbocycles. The van der Waals surface area contributed by atoms with Gasteiger partial charge in [-0.2, -0.15) is 0 Å². The predicted octanol–water partition coefficient (Wildman–Crippen LogP) is 2.50. The van der Waals surface area contributed by atoms with Gasteiger partial charge in [-0.3, -0.25) is 0 Å². The van der Waals surface area contributed by atoms with E-state index in [0.29, 0.717) is 4.90 Å². The zero-order chi connectivity index (χ0) is 10.2. The minimum atomic E-state index is -1.87. The highest BCUT2D eigenvalue weighted by Crippen LogP contribution is 2.22. The normalized spacial score (nSPS) is 13.0. The van der Waals surface area contributed by atoms with Crippen molar-refractivity contribution in [1.82, 2.24) is 0 Å². The van der Waals surface area contributed by atoms with E-state index in [-0.39, 0.29) is 0 Å². The van der Waals surface area contributed by atoms with Crippen LogP contribution in [0.3, 0.4) is 0 Å². The lowest BCUT2D eigenvalue weighted by molar-refractivity contribution is 0.563. The minimum absolute atomic E-state index is 0.528. The summed E-state index contributed by atoms with van der Waals surface area (Å²) in [7, 11) is 0. The van der Waals surface area contributed by atoms with Gasteiger partial charge in [-0.05, 0) is 56.0 Å². The van der Waals surface area contributed by atoms with E-state index in [1.807, 2.05) is 27.7 Å². The van der Waals surface area contributed by atoms with Crippen molar-refractivity contribution in [2.75, 3.05) is 0 Å². The summed E-state index contributed by atoms with van der Waals surface area (Å²) in [5, 5.41) is 0. The molecule has 3 heteroatoms. The fourth-order valence-electron chi connectivity index (χ4n) is 1.36. The van der Waals surface area contributed by atoms with Crippen LogP contribution in [0.15, 0.2) is 11.0 Å². The molecule has 2 nitrogen and oxygen atoms in total. The molecule has 0 heterocycles. The number of hydrogen-bond donors (Lipinski definition) is 1. The SMILES string of the molecule is Cc1cc(S(=O)O)c(C)c(C)c1C. The van der Waals surface area contributed by atoms with E-state index < -0.39 is 11.1 Å². The van der Waals surface area contributed by atoms with E-state index >= 15 is 0 Å². The van der Waals surface area contributed by atoms with Crippen LogP contribution in [0.2, 0.25) is 0 Å². The summed E-state index contributed by atoms with van der Waals surface area (Å²) in [6, 6.07) is 1.79. The fourth-order valence-corrected chi connectivity index (χ4v) is 2.05. The summed E-state index contributed by atoms with van der Waals surface area (Å²) in [5.74, 6) is 0. The molecule has 0 saturated heterocycles. The van der Waals surface area contributed by atoms with Crippen molar-refractivity contribution in [2.45, 2.75) is 32.6 Å². The van der Waals surface area contributed by atoms with Crippen molar-refractivity contribution in [3.05, 3.63) is 28.3 Å². The molecular weight excluding hydrogens is 184 g/mol. The molecule has 1 rings (SSSR count). The van der Waals surface area contributed by atoms with Crippen molar-refractivity contribution in [1.29, 1.82) is 0 Å². The first kappa shape index (κ1) is 10.4. The van der Waals surface area contributed by atoms with Gasteiger partial charge in [0.05, 0.1) is 4.90 Å². The zero-order valence-electron chi connectivity index (χ0n) is 8.34. The monoisotopic (exact) mass is 198 g/mol. The van der Waals surface area contributed by atoms with Gasteiger partial charge in [0.15, 0.2) is 11.1 Å². The lowest BCUT2D eigenvalue weighted by Crippen LogP contribution is -1.99. The van der Waals surface area contributed by atoms with E-state index in [4.69, 9.17) is 4.55 Å². The largest absolute Gasteiger partial charge is 0.302 e. The molecule has 72 valence electrons. The highest BCUT2D eigenvalue weighted by Gasteiger charge is 2.10. The Kier molecular flexibility index (Phi) is 2.88. The Bertz CT molecular complexity index is 370. The standard InChI is InChI=1S/C10H14O2S/c1-6-5-10(13(11)12)9(4)8(3)7(6)2/h5H,1-4H3,(H,11,12). The average molecular weight is 198 g/mol. The summed E-state index contributed by atoms with van der Waals surface area (Å²) < 4.78 is 20.0. The Hall–Kier alpha value is -0.670. The molecule has 1 atom stereocenters. The first-order valence-corrected chi connectivity index (χ1v) is 5.24. The van der Waals surface area contributed by atoms with Gasteiger partial charge in [0.2, 0.25) is 0 Å². The Morgan fingerprint density at radius 1 is 1.08 bits per heavy atom. The van der Waals surface area contributed by atoms with E-state index in [2.05, 4.69) is 0 Å². The molecule has 0 fully saturated rings. The van der Waals surface area contributed by atoms with Gasteiger partial charge in [-0.25, -0.2) is 4.21 Å². The Balaban J connectivity index is 3.50. The average Bonchev–Trinajstić information content (AvgIpc) is 2.07. The van der Waals surface area contributed by atoms with Crippen molar-refractivity contribution in [3.8, 4) is 0 Å². The molecule has 0 aliphatic rings. The van der Waals surface area contributed by atoms with Crippen LogP contribution in [0.5, 0.6) is 0 Å². The second kappa shape index (κ2) is 3.60. The van der Waals surface area contributed by atoms with Gasteiger partial charge < -0.3 is 4.55 Å². The van der Waals surface area contributed by atoms with Crippen LogP contribution in [0.25, 0.3) is 0 Å². The van der Waals surface area contributed by atoms with Gasteiger partial charge in [-0.1, -0.05) is 0 Å². The van der Waals surface area contributed by atoms with E-state index in [9.17, 15) is 4.21 Å². The maximum atomic E-state index is 10.9. The molecule has 0 radical (unpaired) electrons. The molecule has 1 unspecified atom stereocenters. The maximum Gasteiger partial charge on any atom is 0.186 e. The molecule has 0 aliphatic carbocycles. The Morgan fingerprint density at radius 3 is 2.08 bits per heavy atom. The summed E-state index contributed by atoms with van der Waals surface area (Å²) in [4.78, 5) is 0.528. The smallest absolute Gasteiger partial charge is 0.186 e. The zero-order valence-corrected chi connectivity index (χ0v) is 9.16. The third-order valence-corrected chi connectivity index (χ3v) is 3.42. The van der Waals surface area contributed by atoms with Crippen molar-refractivity contribution in [2.24, 2.45) is 0 Å². The molecule has 1 N–H and O–H groups in total. The van der Waals surface area contributed by atoms with Gasteiger partial charge in [0.1, 0.15) is 0 Å². The third-order valence-electron chi connectivity index (χ3n) is 2.62. The summed E-state index contributed by atoms with van der Waals surface area (Å²) in [5.41, 5.74) is 4.30. The van der Waals surface area contributed by atoms with Crippen LogP contribution < -0.4 is 0 Å². The van der Waals surface area contributed by atoms with Gasteiger partial charge in [0, 0.05) is 0 Å². The van der Waals surface area contributed by atoms with Crippen molar-refractivity contribution >= 4 is 11.1 Å². The second-order valence-electron chi connectivity index (χ2n) is 3.32. The van der Waals surface area contributed by atoms with Crippen molar-refractivity contribution in [3.63, 3.8) is 0 Å². The molecule has 1 aromatic rings. The topological polar surface area (TPSA) is 37.3 Å². The van der Waals surface area contributed by atoms with Crippen LogP contribution in [0.4, 0.5) is 0 Å². The number of benzene rings is 1. The van der Waals surface area contributed by atoms with Gasteiger partial charge in [-0.15, -0.1) is 0 Å². The van der Waals surface area contributed by atoms with Crippen LogP contribution in [-0.4, -0.2) is 8.76 Å². The lowest BCUT2D eigenvalue weighted by Gasteiger charge is -2.11.